The van der Waals surface area contributed by atoms with Crippen molar-refractivity contribution in [3.05, 3.63) is 28.8 Å². The van der Waals surface area contributed by atoms with Crippen LogP contribution >= 0.6 is 11.6 Å². The first-order chi connectivity index (χ1) is 10.0. The number of anilines is 1. The first kappa shape index (κ1) is 16.2. The second-order valence-corrected chi connectivity index (χ2v) is 6.38. The molecule has 0 saturated carbocycles. The molecule has 0 radical (unpaired) electrons. The fourth-order valence-electron chi connectivity index (χ4n) is 3.22. The van der Waals surface area contributed by atoms with E-state index in [2.05, 4.69) is 19.2 Å². The van der Waals surface area contributed by atoms with Crippen LogP contribution in [0.5, 0.6) is 0 Å². The van der Waals surface area contributed by atoms with Crippen molar-refractivity contribution in [3.63, 3.8) is 0 Å². The zero-order chi connectivity index (χ0) is 15.5. The monoisotopic (exact) mass is 308 g/mol. The number of hydrogen-bond acceptors (Lipinski definition) is 2. The Morgan fingerprint density at radius 3 is 2.43 bits per heavy atom. The van der Waals surface area contributed by atoms with E-state index in [1.165, 1.54) is 12.8 Å². The van der Waals surface area contributed by atoms with Crippen LogP contribution in [0.25, 0.3) is 0 Å². The molecule has 0 aromatic heterocycles. The molecule has 1 heterocycles. The molecule has 0 bridgehead atoms. The zero-order valence-corrected chi connectivity index (χ0v) is 14.0. The lowest BCUT2D eigenvalue weighted by Crippen LogP contribution is -2.43. The number of halogens is 1. The van der Waals surface area contributed by atoms with Gasteiger partial charge in [-0.15, -0.1) is 0 Å². The first-order valence-electron chi connectivity index (χ1n) is 7.82. The number of nitrogens with zero attached hydrogens (tertiary/aromatic N) is 1. The van der Waals surface area contributed by atoms with Crippen LogP contribution in [0.4, 0.5) is 5.69 Å². The van der Waals surface area contributed by atoms with E-state index in [1.807, 2.05) is 18.0 Å². The quantitative estimate of drug-likeness (QED) is 0.892. The van der Waals surface area contributed by atoms with E-state index in [0.29, 0.717) is 16.0 Å². The van der Waals surface area contributed by atoms with Gasteiger partial charge in [-0.2, -0.15) is 0 Å². The van der Waals surface area contributed by atoms with Crippen molar-refractivity contribution in [2.45, 2.75) is 39.5 Å². The van der Waals surface area contributed by atoms with Crippen molar-refractivity contribution in [3.8, 4) is 0 Å². The molecule has 1 aromatic carbocycles. The highest BCUT2D eigenvalue weighted by Gasteiger charge is 2.33. The molecule has 1 N–H and O–H groups in total. The summed E-state index contributed by atoms with van der Waals surface area (Å²) in [6.45, 7) is 6.21. The summed E-state index contributed by atoms with van der Waals surface area (Å²) < 4.78 is 0. The minimum atomic E-state index is 0.0858. The Bertz CT molecular complexity index is 502. The standard InChI is InChI=1S/C17H25ClN2O/c1-4-17(5-2)8-10-20(11-9-17)16(21)14-12-13(18)6-7-15(14)19-3/h6-7,12,19H,4-5,8-11H2,1-3H3. The molecule has 0 aliphatic carbocycles. The summed E-state index contributed by atoms with van der Waals surface area (Å²) in [7, 11) is 1.83. The third-order valence-corrected chi connectivity index (χ3v) is 5.33. The maximum absolute atomic E-state index is 12.7. The summed E-state index contributed by atoms with van der Waals surface area (Å²) in [5, 5.41) is 3.68. The van der Waals surface area contributed by atoms with Crippen molar-refractivity contribution in [1.82, 2.24) is 4.90 Å². The Hall–Kier alpha value is -1.22. The van der Waals surface area contributed by atoms with E-state index in [9.17, 15) is 4.79 Å². The molecule has 21 heavy (non-hydrogen) atoms. The number of carbonyl (C=O) groups excluding carboxylic acids is 1. The van der Waals surface area contributed by atoms with Crippen molar-refractivity contribution < 1.29 is 4.79 Å². The summed E-state index contributed by atoms with van der Waals surface area (Å²) in [5.74, 6) is 0.0858. The van der Waals surface area contributed by atoms with Gasteiger partial charge in [0.1, 0.15) is 0 Å². The first-order valence-corrected chi connectivity index (χ1v) is 8.19. The van der Waals surface area contributed by atoms with Crippen molar-refractivity contribution in [2.24, 2.45) is 5.41 Å². The third-order valence-electron chi connectivity index (χ3n) is 5.09. The molecule has 1 aliphatic rings. The van der Waals surface area contributed by atoms with Gasteiger partial charge in [0.05, 0.1) is 5.56 Å². The van der Waals surface area contributed by atoms with Crippen LogP contribution < -0.4 is 5.32 Å². The van der Waals surface area contributed by atoms with Gasteiger partial charge < -0.3 is 10.2 Å². The zero-order valence-electron chi connectivity index (χ0n) is 13.2. The van der Waals surface area contributed by atoms with Gasteiger partial charge in [-0.05, 0) is 36.5 Å². The molecule has 2 rings (SSSR count). The van der Waals surface area contributed by atoms with Crippen molar-refractivity contribution in [2.75, 3.05) is 25.5 Å². The fourth-order valence-corrected chi connectivity index (χ4v) is 3.40. The van der Waals surface area contributed by atoms with Gasteiger partial charge in [0.2, 0.25) is 0 Å². The summed E-state index contributed by atoms with van der Waals surface area (Å²) in [5.41, 5.74) is 1.94. The number of carbonyl (C=O) groups is 1. The van der Waals surface area contributed by atoms with E-state index in [1.54, 1.807) is 12.1 Å². The minimum Gasteiger partial charge on any atom is -0.387 e. The summed E-state index contributed by atoms with van der Waals surface area (Å²) in [4.78, 5) is 14.7. The second kappa shape index (κ2) is 6.69. The van der Waals surface area contributed by atoms with Crippen molar-refractivity contribution in [1.29, 1.82) is 0 Å². The Balaban J connectivity index is 2.14. The van der Waals surface area contributed by atoms with E-state index in [0.717, 1.165) is 31.6 Å². The fraction of sp³-hybridized carbons (Fsp3) is 0.588. The molecule has 0 atom stereocenters. The molecule has 1 aromatic rings. The molecular weight excluding hydrogens is 284 g/mol. The van der Waals surface area contributed by atoms with E-state index in [4.69, 9.17) is 11.6 Å². The van der Waals surface area contributed by atoms with Gasteiger partial charge in [0, 0.05) is 30.8 Å². The predicted octanol–water partition coefficient (Wildman–Crippen LogP) is 4.42. The molecule has 0 spiro atoms. The number of nitrogens with one attached hydrogen (secondary N) is 1. The molecule has 1 aliphatic heterocycles. The number of likely N-dealkylation sites (tertiary alicyclic amines) is 1. The highest BCUT2D eigenvalue weighted by molar-refractivity contribution is 6.31. The number of rotatable bonds is 4. The summed E-state index contributed by atoms with van der Waals surface area (Å²) in [6.07, 6.45) is 4.59. The average molecular weight is 309 g/mol. The maximum Gasteiger partial charge on any atom is 0.256 e. The van der Waals surface area contributed by atoms with Crippen LogP contribution in [0, 0.1) is 5.41 Å². The highest BCUT2D eigenvalue weighted by Crippen LogP contribution is 2.38. The smallest absolute Gasteiger partial charge is 0.256 e. The SMILES string of the molecule is CCC1(CC)CCN(C(=O)c2cc(Cl)ccc2NC)CC1. The molecule has 3 nitrogen and oxygen atoms in total. The largest absolute Gasteiger partial charge is 0.387 e. The molecule has 1 saturated heterocycles. The molecule has 1 fully saturated rings. The van der Waals surface area contributed by atoms with Gasteiger partial charge in [0.15, 0.2) is 0 Å². The topological polar surface area (TPSA) is 32.3 Å². The van der Waals surface area contributed by atoms with Crippen LogP contribution in [0.15, 0.2) is 18.2 Å². The molecule has 1 amide bonds. The van der Waals surface area contributed by atoms with Gasteiger partial charge in [-0.1, -0.05) is 38.3 Å². The highest BCUT2D eigenvalue weighted by atomic mass is 35.5. The number of piperidine rings is 1. The van der Waals surface area contributed by atoms with Crippen molar-refractivity contribution >= 4 is 23.2 Å². The number of amides is 1. The maximum atomic E-state index is 12.7. The molecule has 0 unspecified atom stereocenters. The van der Waals surface area contributed by atoms with E-state index >= 15 is 0 Å². The normalized spacial score (nSPS) is 17.6. The Morgan fingerprint density at radius 1 is 1.29 bits per heavy atom. The van der Waals surface area contributed by atoms with E-state index < -0.39 is 0 Å². The second-order valence-electron chi connectivity index (χ2n) is 5.94. The summed E-state index contributed by atoms with van der Waals surface area (Å²) >= 11 is 6.05. The number of benzene rings is 1. The van der Waals surface area contributed by atoms with E-state index in [-0.39, 0.29) is 5.91 Å². The van der Waals surface area contributed by atoms with Crippen LogP contribution in [-0.2, 0) is 0 Å². The average Bonchev–Trinajstić information content (AvgIpc) is 2.54. The third kappa shape index (κ3) is 3.34. The van der Waals surface area contributed by atoms with Gasteiger partial charge in [-0.25, -0.2) is 0 Å². The lowest BCUT2D eigenvalue weighted by atomic mass is 9.74. The van der Waals surface area contributed by atoms with Gasteiger partial charge >= 0.3 is 0 Å². The van der Waals surface area contributed by atoms with Crippen LogP contribution in [-0.4, -0.2) is 30.9 Å². The van der Waals surface area contributed by atoms with Gasteiger partial charge in [-0.3, -0.25) is 4.79 Å². The minimum absolute atomic E-state index is 0.0858. The van der Waals surface area contributed by atoms with Crippen LogP contribution in [0.2, 0.25) is 5.02 Å². The predicted molar refractivity (Wildman–Crippen MR) is 89.2 cm³/mol. The Morgan fingerprint density at radius 2 is 1.90 bits per heavy atom. The molecule has 116 valence electrons. The lowest BCUT2D eigenvalue weighted by Gasteiger charge is -2.41. The number of hydrogen-bond donors (Lipinski definition) is 1. The Labute approximate surface area is 132 Å². The molecule has 4 heteroatoms. The molecular formula is C17H25ClN2O. The Kier molecular flexibility index (Phi) is 5.15. The lowest BCUT2D eigenvalue weighted by molar-refractivity contribution is 0.0558. The van der Waals surface area contributed by atoms with Gasteiger partial charge in [0.25, 0.3) is 5.91 Å². The summed E-state index contributed by atoms with van der Waals surface area (Å²) in [6, 6.07) is 5.43. The van der Waals surface area contributed by atoms with Crippen LogP contribution in [0.1, 0.15) is 49.9 Å². The van der Waals surface area contributed by atoms with Crippen LogP contribution in [0.3, 0.4) is 0 Å².